The fourth-order valence-electron chi connectivity index (χ4n) is 0.903. The molecule has 76 valence electrons. The van der Waals surface area contributed by atoms with Crippen LogP contribution >= 0.6 is 22.6 Å². The van der Waals surface area contributed by atoms with Gasteiger partial charge in [-0.15, -0.1) is 0 Å². The monoisotopic (exact) mass is 318 g/mol. The molecule has 1 nitrogen and oxygen atoms in total. The smallest absolute Gasteiger partial charge is 0.282 e. The molecule has 0 aliphatic carbocycles. The van der Waals surface area contributed by atoms with Crippen molar-refractivity contribution < 1.29 is 22.4 Å². The van der Waals surface area contributed by atoms with Gasteiger partial charge in [-0.25, -0.2) is 4.39 Å². The highest BCUT2D eigenvalue weighted by atomic mass is 127. The van der Waals surface area contributed by atoms with Gasteiger partial charge in [0.15, 0.2) is 0 Å². The third kappa shape index (κ3) is 2.23. The summed E-state index contributed by atoms with van der Waals surface area (Å²) < 4.78 is 48.7. The van der Waals surface area contributed by atoms with Crippen LogP contribution in [-0.2, 0) is 6.18 Å². The zero-order chi connectivity index (χ0) is 10.9. The Morgan fingerprint density at radius 3 is 2.29 bits per heavy atom. The molecule has 0 aromatic heterocycles. The number of carbonyl (C=O) groups excluding carboxylic acids is 1. The predicted octanol–water partition coefficient (Wildman–Crippen LogP) is 3.42. The van der Waals surface area contributed by atoms with Crippen LogP contribution in [0.25, 0.3) is 0 Å². The Kier molecular flexibility index (Phi) is 3.13. The van der Waals surface area contributed by atoms with E-state index in [4.69, 9.17) is 0 Å². The van der Waals surface area contributed by atoms with Crippen LogP contribution in [0, 0.1) is 5.82 Å². The molecule has 0 atom stereocenters. The Balaban J connectivity index is 3.35. The summed E-state index contributed by atoms with van der Waals surface area (Å²) in [5.41, 5.74) is -1.97. The maximum absolute atomic E-state index is 13.1. The van der Waals surface area contributed by atoms with Gasteiger partial charge >= 0.3 is 6.18 Å². The third-order valence-corrected chi connectivity index (χ3v) is 2.10. The van der Waals surface area contributed by atoms with E-state index in [0.717, 1.165) is 12.1 Å². The number of halogens is 5. The standard InChI is InChI=1S/C8H3F4IO/c9-6-4(7(13)14)2-1-3-5(6)8(10,11)12/h1-3H. The van der Waals surface area contributed by atoms with Crippen LogP contribution in [-0.4, -0.2) is 3.79 Å². The lowest BCUT2D eigenvalue weighted by molar-refractivity contribution is -0.140. The summed E-state index contributed by atoms with van der Waals surface area (Å²) in [5, 5.41) is 0. The molecule has 0 heterocycles. The van der Waals surface area contributed by atoms with Crippen LogP contribution in [0.3, 0.4) is 0 Å². The van der Waals surface area contributed by atoms with Crippen molar-refractivity contribution in [3.63, 3.8) is 0 Å². The minimum atomic E-state index is -4.77. The van der Waals surface area contributed by atoms with Gasteiger partial charge in [-0.05, 0) is 12.1 Å². The highest BCUT2D eigenvalue weighted by Crippen LogP contribution is 2.32. The Labute approximate surface area is 90.2 Å². The molecule has 1 rings (SSSR count). The van der Waals surface area contributed by atoms with E-state index in [9.17, 15) is 22.4 Å². The van der Waals surface area contributed by atoms with Crippen molar-refractivity contribution in [2.75, 3.05) is 0 Å². The van der Waals surface area contributed by atoms with E-state index in [0.29, 0.717) is 6.07 Å². The van der Waals surface area contributed by atoms with Crippen LogP contribution in [0.4, 0.5) is 17.6 Å². The minimum absolute atomic E-state index is 0.555. The maximum Gasteiger partial charge on any atom is 0.419 e. The number of hydrogen-bond donors (Lipinski definition) is 0. The number of alkyl halides is 3. The molecule has 0 fully saturated rings. The average Bonchev–Trinajstić information content (AvgIpc) is 2.01. The average molecular weight is 318 g/mol. The van der Waals surface area contributed by atoms with Crippen molar-refractivity contribution >= 4 is 26.4 Å². The predicted molar refractivity (Wildman–Crippen MR) is 49.8 cm³/mol. The molecule has 0 unspecified atom stereocenters. The van der Waals surface area contributed by atoms with Crippen LogP contribution in [0.1, 0.15) is 15.9 Å². The first-order valence-corrected chi connectivity index (χ1v) is 4.47. The van der Waals surface area contributed by atoms with E-state index in [1.807, 2.05) is 0 Å². The Morgan fingerprint density at radius 2 is 1.86 bits per heavy atom. The third-order valence-electron chi connectivity index (χ3n) is 1.52. The number of carbonyl (C=O) groups is 1. The van der Waals surface area contributed by atoms with Crippen molar-refractivity contribution in [3.8, 4) is 0 Å². The van der Waals surface area contributed by atoms with Crippen LogP contribution in [0.2, 0.25) is 0 Å². The van der Waals surface area contributed by atoms with Gasteiger partial charge < -0.3 is 0 Å². The minimum Gasteiger partial charge on any atom is -0.282 e. The lowest BCUT2D eigenvalue weighted by Crippen LogP contribution is -2.10. The van der Waals surface area contributed by atoms with Crippen molar-refractivity contribution in [1.29, 1.82) is 0 Å². The molecule has 0 saturated carbocycles. The summed E-state index contributed by atoms with van der Waals surface area (Å²) in [6.07, 6.45) is -4.77. The molecule has 0 spiro atoms. The van der Waals surface area contributed by atoms with Gasteiger partial charge in [0.05, 0.1) is 11.1 Å². The number of rotatable bonds is 1. The van der Waals surface area contributed by atoms with Crippen LogP contribution in [0.5, 0.6) is 0 Å². The highest BCUT2D eigenvalue weighted by Gasteiger charge is 2.35. The van der Waals surface area contributed by atoms with Gasteiger partial charge in [0, 0.05) is 22.6 Å². The molecule has 0 radical (unpaired) electrons. The van der Waals surface area contributed by atoms with Gasteiger partial charge in [0.25, 0.3) is 0 Å². The molecule has 14 heavy (non-hydrogen) atoms. The zero-order valence-corrected chi connectivity index (χ0v) is 8.69. The molecule has 1 aromatic rings. The topological polar surface area (TPSA) is 17.1 Å². The van der Waals surface area contributed by atoms with Crippen molar-refractivity contribution in [1.82, 2.24) is 0 Å². The van der Waals surface area contributed by atoms with Crippen LogP contribution in [0.15, 0.2) is 18.2 Å². The van der Waals surface area contributed by atoms with E-state index in [1.165, 1.54) is 22.6 Å². The molecule has 1 aromatic carbocycles. The van der Waals surface area contributed by atoms with E-state index in [-0.39, 0.29) is 0 Å². The van der Waals surface area contributed by atoms with E-state index >= 15 is 0 Å². The van der Waals surface area contributed by atoms with Gasteiger partial charge in [0.2, 0.25) is 3.79 Å². The fraction of sp³-hybridized carbons (Fsp3) is 0.125. The van der Waals surface area contributed by atoms with E-state index < -0.39 is 26.9 Å². The van der Waals surface area contributed by atoms with E-state index in [1.54, 1.807) is 0 Å². The number of hydrogen-bond acceptors (Lipinski definition) is 1. The largest absolute Gasteiger partial charge is 0.419 e. The Hall–Kier alpha value is -0.660. The molecule has 0 aliphatic heterocycles. The first-order chi connectivity index (χ1) is 6.34. The Bertz CT molecular complexity index is 372. The maximum atomic E-state index is 13.1. The first-order valence-electron chi connectivity index (χ1n) is 3.39. The lowest BCUT2D eigenvalue weighted by Gasteiger charge is -2.08. The van der Waals surface area contributed by atoms with Crippen molar-refractivity contribution in [3.05, 3.63) is 35.1 Å². The second kappa shape index (κ2) is 3.84. The molecule has 0 N–H and O–H groups in total. The summed E-state index contributed by atoms with van der Waals surface area (Å²) in [4.78, 5) is 10.7. The summed E-state index contributed by atoms with van der Waals surface area (Å²) in [7, 11) is 0. The quantitative estimate of drug-likeness (QED) is 0.440. The Morgan fingerprint density at radius 1 is 1.29 bits per heavy atom. The second-order valence-electron chi connectivity index (χ2n) is 2.44. The zero-order valence-electron chi connectivity index (χ0n) is 6.53. The number of benzene rings is 1. The molecule has 0 bridgehead atoms. The molecule has 6 heteroatoms. The second-order valence-corrected chi connectivity index (χ2v) is 3.42. The van der Waals surface area contributed by atoms with Gasteiger partial charge in [0.1, 0.15) is 5.82 Å². The summed E-state index contributed by atoms with van der Waals surface area (Å²) in [6, 6.07) is 2.61. The summed E-state index contributed by atoms with van der Waals surface area (Å²) >= 11 is 1.23. The van der Waals surface area contributed by atoms with Crippen LogP contribution < -0.4 is 0 Å². The van der Waals surface area contributed by atoms with Crippen molar-refractivity contribution in [2.45, 2.75) is 6.18 Å². The first kappa shape index (κ1) is 11.4. The molecule has 0 saturated heterocycles. The van der Waals surface area contributed by atoms with Crippen molar-refractivity contribution in [2.24, 2.45) is 0 Å². The molecular weight excluding hydrogens is 315 g/mol. The fourth-order valence-corrected chi connectivity index (χ4v) is 1.32. The molecule has 0 aliphatic rings. The SMILES string of the molecule is O=C(I)c1cccc(C(F)(F)F)c1F. The molecular formula is C8H3F4IO. The van der Waals surface area contributed by atoms with Gasteiger partial charge in [-0.2, -0.15) is 13.2 Å². The van der Waals surface area contributed by atoms with Gasteiger partial charge in [-0.1, -0.05) is 6.07 Å². The van der Waals surface area contributed by atoms with E-state index in [2.05, 4.69) is 0 Å². The summed E-state index contributed by atoms with van der Waals surface area (Å²) in [5.74, 6) is -1.51. The highest BCUT2D eigenvalue weighted by molar-refractivity contribution is 14.1. The molecule has 0 amide bonds. The normalized spacial score (nSPS) is 11.5. The summed E-state index contributed by atoms with van der Waals surface area (Å²) in [6.45, 7) is 0. The van der Waals surface area contributed by atoms with Gasteiger partial charge in [-0.3, -0.25) is 4.79 Å². The lowest BCUT2D eigenvalue weighted by atomic mass is 10.1.